The average Bonchev–Trinajstić information content (AvgIpc) is 3.22. The van der Waals surface area contributed by atoms with Crippen LogP contribution in [0.1, 0.15) is 38.9 Å². The summed E-state index contributed by atoms with van der Waals surface area (Å²) in [5.74, 6) is 0. The van der Waals surface area contributed by atoms with Gasteiger partial charge in [0.25, 0.3) is 0 Å². The molecule has 0 bridgehead atoms. The maximum atomic E-state index is 4.82. The topological polar surface area (TPSA) is 12.9 Å². The molecule has 0 radical (unpaired) electrons. The number of fused-ring (bicyclic) bond motifs is 4. The summed E-state index contributed by atoms with van der Waals surface area (Å²) in [5, 5.41) is 1.22. The van der Waals surface area contributed by atoms with Crippen LogP contribution in [-0.2, 0) is 5.41 Å². The van der Waals surface area contributed by atoms with Gasteiger partial charge in [0, 0.05) is 11.6 Å². The number of nitrogens with zero attached hydrogens (tertiary/aromatic N) is 1. The molecular weight excluding hydrogens is 458 g/mol. The van der Waals surface area contributed by atoms with E-state index in [1.165, 1.54) is 66.6 Å². The molecule has 0 saturated carbocycles. The molecule has 0 saturated heterocycles. The van der Waals surface area contributed by atoms with Crippen molar-refractivity contribution in [3.8, 4) is 22.3 Å². The van der Waals surface area contributed by atoms with Gasteiger partial charge >= 0.3 is 0 Å². The smallest absolute Gasteiger partial charge is 0.0714 e. The summed E-state index contributed by atoms with van der Waals surface area (Å²) in [6, 6.07) is 42.7. The molecule has 0 N–H and O–H groups in total. The van der Waals surface area contributed by atoms with Crippen molar-refractivity contribution in [3.05, 3.63) is 160 Å². The maximum absolute atomic E-state index is 4.82. The number of benzene rings is 5. The minimum absolute atomic E-state index is 0.443. The Morgan fingerprint density at radius 2 is 1.16 bits per heavy atom. The number of pyridine rings is 1. The van der Waals surface area contributed by atoms with E-state index >= 15 is 0 Å². The van der Waals surface area contributed by atoms with E-state index in [1.54, 1.807) is 0 Å². The normalized spacial score (nSPS) is 13.3. The number of hydrogen-bond donors (Lipinski definition) is 0. The Bertz CT molecular complexity index is 1770. The lowest BCUT2D eigenvalue weighted by Crippen LogP contribution is -2.28. The molecule has 1 aliphatic carbocycles. The third kappa shape index (κ3) is 3.28. The van der Waals surface area contributed by atoms with Crippen molar-refractivity contribution >= 4 is 10.9 Å². The minimum Gasteiger partial charge on any atom is -0.256 e. The first-order valence-corrected chi connectivity index (χ1v) is 13.3. The fraction of sp³-hybridized carbons (Fsp3) is 0.108. The van der Waals surface area contributed by atoms with Gasteiger partial charge in [0.1, 0.15) is 0 Å². The summed E-state index contributed by atoms with van der Waals surface area (Å²) in [6.45, 7) is 6.54. The first-order chi connectivity index (χ1) is 18.6. The lowest BCUT2D eigenvalue weighted by molar-refractivity contribution is 0.769. The molecule has 38 heavy (non-hydrogen) atoms. The van der Waals surface area contributed by atoms with E-state index in [-0.39, 0.29) is 0 Å². The minimum atomic E-state index is -0.443. The van der Waals surface area contributed by atoms with Gasteiger partial charge in [0.2, 0.25) is 0 Å². The molecular formula is C37H29N. The van der Waals surface area contributed by atoms with Crippen molar-refractivity contribution in [2.24, 2.45) is 0 Å². The Hall–Kier alpha value is -4.49. The van der Waals surface area contributed by atoms with Gasteiger partial charge in [0.05, 0.1) is 10.9 Å². The van der Waals surface area contributed by atoms with Crippen molar-refractivity contribution in [2.75, 3.05) is 0 Å². The van der Waals surface area contributed by atoms with Crippen LogP contribution in [0.3, 0.4) is 0 Å². The Balaban J connectivity index is 1.64. The highest BCUT2D eigenvalue weighted by Crippen LogP contribution is 2.57. The quantitative estimate of drug-likeness (QED) is 0.242. The summed E-state index contributed by atoms with van der Waals surface area (Å²) in [5.41, 5.74) is 14.7. The molecule has 0 aliphatic heterocycles. The van der Waals surface area contributed by atoms with E-state index in [0.29, 0.717) is 0 Å². The zero-order valence-electron chi connectivity index (χ0n) is 22.0. The van der Waals surface area contributed by atoms with Gasteiger partial charge in [0.15, 0.2) is 0 Å². The molecule has 0 atom stereocenters. The third-order valence-electron chi connectivity index (χ3n) is 8.19. The average molecular weight is 488 g/mol. The predicted molar refractivity (Wildman–Crippen MR) is 159 cm³/mol. The zero-order valence-corrected chi connectivity index (χ0v) is 22.0. The fourth-order valence-electron chi connectivity index (χ4n) is 6.58. The van der Waals surface area contributed by atoms with Crippen LogP contribution in [-0.4, -0.2) is 4.98 Å². The van der Waals surface area contributed by atoms with E-state index in [4.69, 9.17) is 4.98 Å². The molecule has 0 unspecified atom stereocenters. The van der Waals surface area contributed by atoms with Crippen LogP contribution in [0.25, 0.3) is 33.2 Å². The molecule has 1 nitrogen and oxygen atoms in total. The summed E-state index contributed by atoms with van der Waals surface area (Å²) >= 11 is 0. The van der Waals surface area contributed by atoms with Crippen molar-refractivity contribution < 1.29 is 0 Å². The highest BCUT2D eigenvalue weighted by Gasteiger charge is 2.46. The Morgan fingerprint density at radius 1 is 0.526 bits per heavy atom. The van der Waals surface area contributed by atoms with Crippen LogP contribution < -0.4 is 0 Å². The molecule has 7 rings (SSSR count). The molecule has 1 heterocycles. The van der Waals surface area contributed by atoms with Crippen LogP contribution in [0.4, 0.5) is 0 Å². The second kappa shape index (κ2) is 8.53. The van der Waals surface area contributed by atoms with Gasteiger partial charge in [-0.2, -0.15) is 0 Å². The molecule has 1 aliphatic rings. The second-order valence-electron chi connectivity index (χ2n) is 10.7. The molecule has 6 aromatic rings. The number of rotatable bonds is 3. The van der Waals surface area contributed by atoms with Crippen LogP contribution in [0.2, 0.25) is 0 Å². The summed E-state index contributed by atoms with van der Waals surface area (Å²) in [6.07, 6.45) is 1.93. The summed E-state index contributed by atoms with van der Waals surface area (Å²) < 4.78 is 0. The van der Waals surface area contributed by atoms with Crippen LogP contribution in [0.15, 0.2) is 121 Å². The van der Waals surface area contributed by atoms with Crippen molar-refractivity contribution in [1.29, 1.82) is 0 Å². The van der Waals surface area contributed by atoms with Gasteiger partial charge in [-0.1, -0.05) is 102 Å². The van der Waals surface area contributed by atoms with Gasteiger partial charge in [-0.25, -0.2) is 0 Å². The Kier molecular flexibility index (Phi) is 5.09. The van der Waals surface area contributed by atoms with Gasteiger partial charge < -0.3 is 0 Å². The monoisotopic (exact) mass is 487 g/mol. The van der Waals surface area contributed by atoms with E-state index in [0.717, 1.165) is 5.52 Å². The van der Waals surface area contributed by atoms with E-state index in [2.05, 4.69) is 136 Å². The first-order valence-electron chi connectivity index (χ1n) is 13.3. The van der Waals surface area contributed by atoms with Crippen LogP contribution in [0.5, 0.6) is 0 Å². The second-order valence-corrected chi connectivity index (χ2v) is 10.7. The van der Waals surface area contributed by atoms with Crippen molar-refractivity contribution in [3.63, 3.8) is 0 Å². The summed E-state index contributed by atoms with van der Waals surface area (Å²) in [4.78, 5) is 4.82. The molecule has 1 heteroatoms. The highest BCUT2D eigenvalue weighted by molar-refractivity contribution is 5.96. The molecule has 182 valence electrons. The molecule has 0 spiro atoms. The van der Waals surface area contributed by atoms with Crippen molar-refractivity contribution in [1.82, 2.24) is 4.98 Å². The molecule has 0 amide bonds. The van der Waals surface area contributed by atoms with Gasteiger partial charge in [-0.3, -0.25) is 4.98 Å². The molecule has 0 fully saturated rings. The maximum Gasteiger partial charge on any atom is 0.0714 e. The zero-order chi connectivity index (χ0) is 25.9. The van der Waals surface area contributed by atoms with Gasteiger partial charge in [-0.05, 0) is 95.1 Å². The Morgan fingerprint density at radius 3 is 1.82 bits per heavy atom. The largest absolute Gasteiger partial charge is 0.256 e. The lowest BCUT2D eigenvalue weighted by Gasteiger charge is -2.34. The van der Waals surface area contributed by atoms with Crippen LogP contribution in [0, 0.1) is 20.8 Å². The number of hydrogen-bond acceptors (Lipinski definition) is 1. The fourth-order valence-corrected chi connectivity index (χ4v) is 6.58. The van der Waals surface area contributed by atoms with E-state index in [1.807, 2.05) is 6.20 Å². The highest BCUT2D eigenvalue weighted by atomic mass is 14.7. The van der Waals surface area contributed by atoms with Crippen LogP contribution >= 0.6 is 0 Å². The predicted octanol–water partition coefficient (Wildman–Crippen LogP) is 9.19. The van der Waals surface area contributed by atoms with Crippen molar-refractivity contribution in [2.45, 2.75) is 26.2 Å². The number of aromatic nitrogens is 1. The molecule has 1 aromatic heterocycles. The van der Waals surface area contributed by atoms with E-state index < -0.39 is 5.41 Å². The van der Waals surface area contributed by atoms with Gasteiger partial charge in [-0.15, -0.1) is 0 Å². The lowest BCUT2D eigenvalue weighted by atomic mass is 9.67. The Labute approximate surface area is 224 Å². The number of aryl methyl sites for hydroxylation is 3. The molecule has 5 aromatic carbocycles. The summed E-state index contributed by atoms with van der Waals surface area (Å²) in [7, 11) is 0. The third-order valence-corrected chi connectivity index (χ3v) is 8.19. The first kappa shape index (κ1) is 22.7. The standard InChI is InChI=1S/C37H29N/c1-24-18-25(2)20-28(19-24)27-14-15-31-33-22-32-26(3)16-17-38-36(32)23-35(33)37(34(31)21-27,29-10-6-4-7-11-29)30-12-8-5-9-13-30/h4-23H,1-3H3. The SMILES string of the molecule is Cc1cc(C)cc(-c2ccc3c(c2)C(c2ccccc2)(c2ccccc2)c2cc4nccc(C)c4cc2-3)c1. The van der Waals surface area contributed by atoms with E-state index in [9.17, 15) is 0 Å².